The number of hydrogen-bond acceptors (Lipinski definition) is 3. The summed E-state index contributed by atoms with van der Waals surface area (Å²) in [5.74, 6) is 1.69. The molecule has 0 fully saturated rings. The fourth-order valence-corrected chi connectivity index (χ4v) is 3.74. The topological polar surface area (TPSA) is 34.1 Å². The summed E-state index contributed by atoms with van der Waals surface area (Å²) in [6.07, 6.45) is 1.78. The molecule has 5 rings (SSSR count). The van der Waals surface area contributed by atoms with E-state index in [4.69, 9.17) is 4.74 Å². The molecular weight excluding hydrogens is 344 g/mol. The third kappa shape index (κ3) is 3.12. The first kappa shape index (κ1) is 16.6. The number of benzene rings is 3. The van der Waals surface area contributed by atoms with Crippen LogP contribution in [0.1, 0.15) is 28.2 Å². The van der Waals surface area contributed by atoms with Crippen molar-refractivity contribution in [3.05, 3.63) is 119 Å². The fourth-order valence-electron chi connectivity index (χ4n) is 3.74. The first-order valence-corrected chi connectivity index (χ1v) is 9.48. The number of aromatic nitrogens is 1. The Balaban J connectivity index is 1.45. The van der Waals surface area contributed by atoms with E-state index in [1.54, 1.807) is 6.20 Å². The molecule has 3 heteroatoms. The standard InChI is InChI=1S/C25H20N2O/c1-2-7-18(8-3-1)17-27-20-14-12-19(13-15-20)24-21-9-4-5-11-23(21)28-25-22(24)10-6-16-26-25/h1-16,24,27H,17H2. The van der Waals surface area contributed by atoms with Gasteiger partial charge in [0.1, 0.15) is 5.75 Å². The molecule has 0 amide bonds. The smallest absolute Gasteiger partial charge is 0.223 e. The average molecular weight is 364 g/mol. The molecule has 1 N–H and O–H groups in total. The maximum atomic E-state index is 6.02. The third-order valence-electron chi connectivity index (χ3n) is 5.13. The maximum Gasteiger partial charge on any atom is 0.223 e. The van der Waals surface area contributed by atoms with Gasteiger partial charge < -0.3 is 10.1 Å². The van der Waals surface area contributed by atoms with Crippen LogP contribution >= 0.6 is 0 Å². The minimum atomic E-state index is 0.122. The van der Waals surface area contributed by atoms with Crippen LogP contribution in [0.2, 0.25) is 0 Å². The Morgan fingerprint density at radius 2 is 1.50 bits per heavy atom. The molecule has 1 atom stereocenters. The number of ether oxygens (including phenoxy) is 1. The number of rotatable bonds is 4. The van der Waals surface area contributed by atoms with Crippen molar-refractivity contribution in [2.75, 3.05) is 5.32 Å². The van der Waals surface area contributed by atoms with Crippen molar-refractivity contribution in [3.63, 3.8) is 0 Å². The lowest BCUT2D eigenvalue weighted by molar-refractivity contribution is 0.434. The summed E-state index contributed by atoms with van der Waals surface area (Å²) in [6, 6.07) is 31.4. The van der Waals surface area contributed by atoms with Gasteiger partial charge in [0.2, 0.25) is 5.88 Å². The van der Waals surface area contributed by atoms with Crippen molar-refractivity contribution in [2.24, 2.45) is 0 Å². The summed E-state index contributed by atoms with van der Waals surface area (Å²) in [6.45, 7) is 0.813. The highest BCUT2D eigenvalue weighted by atomic mass is 16.5. The molecule has 1 aliphatic heterocycles. The number of hydrogen-bond donors (Lipinski definition) is 1. The molecule has 136 valence electrons. The molecule has 3 aromatic carbocycles. The molecule has 0 radical (unpaired) electrons. The lowest BCUT2D eigenvalue weighted by Crippen LogP contribution is -2.12. The maximum absolute atomic E-state index is 6.02. The molecule has 1 aliphatic rings. The van der Waals surface area contributed by atoms with Crippen LogP contribution in [0.4, 0.5) is 5.69 Å². The van der Waals surface area contributed by atoms with Gasteiger partial charge >= 0.3 is 0 Å². The van der Waals surface area contributed by atoms with Gasteiger partial charge in [-0.15, -0.1) is 0 Å². The minimum Gasteiger partial charge on any atom is -0.438 e. The monoisotopic (exact) mass is 364 g/mol. The largest absolute Gasteiger partial charge is 0.438 e. The highest BCUT2D eigenvalue weighted by molar-refractivity contribution is 5.57. The van der Waals surface area contributed by atoms with Crippen LogP contribution in [0.25, 0.3) is 0 Å². The van der Waals surface area contributed by atoms with Crippen molar-refractivity contribution in [1.82, 2.24) is 4.98 Å². The van der Waals surface area contributed by atoms with Gasteiger partial charge in [-0.3, -0.25) is 0 Å². The van der Waals surface area contributed by atoms with Gasteiger partial charge in [0.15, 0.2) is 0 Å². The summed E-state index contributed by atoms with van der Waals surface area (Å²) in [5, 5.41) is 3.49. The molecule has 0 aliphatic carbocycles. The predicted octanol–water partition coefficient (Wildman–Crippen LogP) is 5.98. The van der Waals surface area contributed by atoms with Gasteiger partial charge in [-0.05, 0) is 35.4 Å². The zero-order chi connectivity index (χ0) is 18.8. The van der Waals surface area contributed by atoms with Gasteiger partial charge in [0.05, 0.1) is 0 Å². The molecule has 0 spiro atoms. The van der Waals surface area contributed by atoms with Crippen LogP contribution in [0.3, 0.4) is 0 Å². The van der Waals surface area contributed by atoms with Gasteiger partial charge in [0.25, 0.3) is 0 Å². The molecule has 2 heterocycles. The van der Waals surface area contributed by atoms with Crippen LogP contribution in [-0.4, -0.2) is 4.98 Å². The second-order valence-corrected chi connectivity index (χ2v) is 6.93. The normalized spacial score (nSPS) is 14.5. The molecular formula is C25H20N2O. The van der Waals surface area contributed by atoms with Gasteiger partial charge in [-0.2, -0.15) is 0 Å². The van der Waals surface area contributed by atoms with E-state index >= 15 is 0 Å². The van der Waals surface area contributed by atoms with E-state index in [2.05, 4.69) is 77.0 Å². The number of anilines is 1. The summed E-state index contributed by atoms with van der Waals surface area (Å²) >= 11 is 0. The van der Waals surface area contributed by atoms with E-state index in [0.29, 0.717) is 5.88 Å². The molecule has 0 saturated carbocycles. The van der Waals surface area contributed by atoms with Crippen molar-refractivity contribution < 1.29 is 4.74 Å². The van der Waals surface area contributed by atoms with E-state index < -0.39 is 0 Å². The van der Waals surface area contributed by atoms with Crippen LogP contribution in [0, 0.1) is 0 Å². The molecule has 0 bridgehead atoms. The summed E-state index contributed by atoms with van der Waals surface area (Å²) in [7, 11) is 0. The lowest BCUT2D eigenvalue weighted by atomic mass is 9.84. The van der Waals surface area contributed by atoms with E-state index in [0.717, 1.165) is 23.5 Å². The Bertz CT molecular complexity index is 1050. The van der Waals surface area contributed by atoms with Crippen molar-refractivity contribution in [2.45, 2.75) is 12.5 Å². The Morgan fingerprint density at radius 1 is 0.750 bits per heavy atom. The Labute approximate surface area is 164 Å². The Morgan fingerprint density at radius 3 is 2.36 bits per heavy atom. The summed E-state index contributed by atoms with van der Waals surface area (Å²) < 4.78 is 6.02. The molecule has 3 nitrogen and oxygen atoms in total. The summed E-state index contributed by atoms with van der Waals surface area (Å²) in [5.41, 5.74) is 5.89. The summed E-state index contributed by atoms with van der Waals surface area (Å²) in [4.78, 5) is 4.44. The van der Waals surface area contributed by atoms with Gasteiger partial charge in [0, 0.05) is 35.5 Å². The van der Waals surface area contributed by atoms with Crippen molar-refractivity contribution >= 4 is 5.69 Å². The zero-order valence-electron chi connectivity index (χ0n) is 15.4. The number of para-hydroxylation sites is 1. The number of fused-ring (bicyclic) bond motifs is 2. The average Bonchev–Trinajstić information content (AvgIpc) is 2.77. The van der Waals surface area contributed by atoms with Crippen molar-refractivity contribution in [1.29, 1.82) is 0 Å². The van der Waals surface area contributed by atoms with Crippen molar-refractivity contribution in [3.8, 4) is 11.6 Å². The van der Waals surface area contributed by atoms with E-state index in [9.17, 15) is 0 Å². The van der Waals surface area contributed by atoms with Crippen LogP contribution in [0.15, 0.2) is 97.2 Å². The molecule has 0 saturated heterocycles. The van der Waals surface area contributed by atoms with Crippen LogP contribution < -0.4 is 10.1 Å². The first-order valence-electron chi connectivity index (χ1n) is 9.48. The minimum absolute atomic E-state index is 0.122. The van der Waals surface area contributed by atoms with E-state index in [-0.39, 0.29) is 5.92 Å². The van der Waals surface area contributed by atoms with E-state index in [1.165, 1.54) is 16.7 Å². The second kappa shape index (κ2) is 7.20. The van der Waals surface area contributed by atoms with Gasteiger partial charge in [-0.1, -0.05) is 66.7 Å². The number of pyridine rings is 1. The molecule has 28 heavy (non-hydrogen) atoms. The highest BCUT2D eigenvalue weighted by Crippen LogP contribution is 2.46. The number of nitrogens with zero attached hydrogens (tertiary/aromatic N) is 1. The lowest BCUT2D eigenvalue weighted by Gasteiger charge is -2.27. The Hall–Kier alpha value is -3.59. The van der Waals surface area contributed by atoms with Crippen LogP contribution in [0.5, 0.6) is 11.6 Å². The highest BCUT2D eigenvalue weighted by Gasteiger charge is 2.28. The quantitative estimate of drug-likeness (QED) is 0.426. The molecule has 4 aromatic rings. The fraction of sp³-hybridized carbons (Fsp3) is 0.0800. The first-order chi connectivity index (χ1) is 13.9. The molecule has 1 unspecified atom stereocenters. The second-order valence-electron chi connectivity index (χ2n) is 6.93. The third-order valence-corrected chi connectivity index (χ3v) is 5.13. The van der Waals surface area contributed by atoms with Crippen LogP contribution in [-0.2, 0) is 6.54 Å². The number of nitrogens with one attached hydrogen (secondary N) is 1. The van der Waals surface area contributed by atoms with Gasteiger partial charge in [-0.25, -0.2) is 4.98 Å². The Kier molecular flexibility index (Phi) is 4.26. The molecule has 1 aromatic heterocycles. The SMILES string of the molecule is c1ccc(CNc2ccc(C3c4ccccc4Oc4ncccc43)cc2)cc1. The van der Waals surface area contributed by atoms with E-state index in [1.807, 2.05) is 24.3 Å². The zero-order valence-corrected chi connectivity index (χ0v) is 15.4. The predicted molar refractivity (Wildman–Crippen MR) is 112 cm³/mol.